The molecule has 0 amide bonds. The Balaban J connectivity index is 2.50. The highest BCUT2D eigenvalue weighted by atomic mass is 16.6. The van der Waals surface area contributed by atoms with Crippen molar-refractivity contribution in [3.05, 3.63) is 28.8 Å². The Morgan fingerprint density at radius 2 is 1.75 bits per heavy atom. The van der Waals surface area contributed by atoms with Crippen LogP contribution in [0.2, 0.25) is 0 Å². The number of benzene rings is 1. The Morgan fingerprint density at radius 3 is 2.19 bits per heavy atom. The van der Waals surface area contributed by atoms with Crippen molar-refractivity contribution < 1.29 is 14.2 Å². The highest BCUT2D eigenvalue weighted by Crippen LogP contribution is 2.39. The maximum atomic E-state index is 5.59. The number of aryl methyl sites for hydroxylation is 2. The number of hydrogen-bond donors (Lipinski definition) is 0. The van der Waals surface area contributed by atoms with Crippen LogP contribution in [0.3, 0.4) is 0 Å². The monoisotopic (exact) mass is 222 g/mol. The fourth-order valence-electron chi connectivity index (χ4n) is 1.99. The van der Waals surface area contributed by atoms with Crippen molar-refractivity contribution in [3.8, 4) is 5.75 Å². The van der Waals surface area contributed by atoms with Gasteiger partial charge >= 0.3 is 0 Å². The van der Waals surface area contributed by atoms with Crippen LogP contribution in [0, 0.1) is 13.8 Å². The smallest absolute Gasteiger partial charge is 0.143 e. The van der Waals surface area contributed by atoms with Gasteiger partial charge in [-0.3, -0.25) is 0 Å². The Labute approximate surface area is 96.3 Å². The van der Waals surface area contributed by atoms with E-state index in [2.05, 4.69) is 26.0 Å². The van der Waals surface area contributed by atoms with Gasteiger partial charge < -0.3 is 14.2 Å². The lowest BCUT2D eigenvalue weighted by atomic mass is 9.88. The molecule has 16 heavy (non-hydrogen) atoms. The summed E-state index contributed by atoms with van der Waals surface area (Å²) in [5.74, 6) is 0.883. The summed E-state index contributed by atoms with van der Waals surface area (Å²) in [5, 5.41) is 0. The predicted molar refractivity (Wildman–Crippen MR) is 62.0 cm³/mol. The molecule has 1 saturated heterocycles. The van der Waals surface area contributed by atoms with E-state index in [1.54, 1.807) is 14.2 Å². The molecule has 1 fully saturated rings. The van der Waals surface area contributed by atoms with Crippen molar-refractivity contribution in [2.24, 2.45) is 0 Å². The zero-order valence-electron chi connectivity index (χ0n) is 10.3. The summed E-state index contributed by atoms with van der Waals surface area (Å²) in [7, 11) is 3.41. The van der Waals surface area contributed by atoms with Gasteiger partial charge in [0.25, 0.3) is 0 Å². The average Bonchev–Trinajstić information content (AvgIpc) is 2.22. The quantitative estimate of drug-likeness (QED) is 0.784. The van der Waals surface area contributed by atoms with Gasteiger partial charge in [0.1, 0.15) is 11.4 Å². The molecule has 3 heteroatoms. The molecule has 1 aliphatic heterocycles. The van der Waals surface area contributed by atoms with E-state index in [1.165, 1.54) is 11.1 Å². The van der Waals surface area contributed by atoms with Gasteiger partial charge in [-0.2, -0.15) is 0 Å². The van der Waals surface area contributed by atoms with Gasteiger partial charge in [-0.25, -0.2) is 0 Å². The van der Waals surface area contributed by atoms with Crippen LogP contribution >= 0.6 is 0 Å². The van der Waals surface area contributed by atoms with Crippen molar-refractivity contribution in [2.75, 3.05) is 27.4 Å². The Kier molecular flexibility index (Phi) is 2.91. The van der Waals surface area contributed by atoms with E-state index in [9.17, 15) is 0 Å². The second-order valence-electron chi connectivity index (χ2n) is 4.33. The zero-order valence-corrected chi connectivity index (χ0v) is 10.3. The van der Waals surface area contributed by atoms with Gasteiger partial charge in [0.2, 0.25) is 0 Å². The first-order chi connectivity index (χ1) is 7.63. The average molecular weight is 222 g/mol. The van der Waals surface area contributed by atoms with Gasteiger partial charge in [0, 0.05) is 12.7 Å². The highest BCUT2D eigenvalue weighted by molar-refractivity contribution is 5.46. The molecule has 0 radical (unpaired) electrons. The van der Waals surface area contributed by atoms with Gasteiger partial charge in [0.15, 0.2) is 0 Å². The predicted octanol–water partition coefficient (Wildman–Crippen LogP) is 2.18. The molecular formula is C13H18O3. The molecule has 0 aliphatic carbocycles. The van der Waals surface area contributed by atoms with Crippen LogP contribution in [0.4, 0.5) is 0 Å². The summed E-state index contributed by atoms with van der Waals surface area (Å²) in [4.78, 5) is 0. The molecule has 1 heterocycles. The topological polar surface area (TPSA) is 27.7 Å². The van der Waals surface area contributed by atoms with Crippen LogP contribution in [-0.2, 0) is 15.1 Å². The molecule has 88 valence electrons. The third-order valence-electron chi connectivity index (χ3n) is 3.37. The zero-order chi connectivity index (χ0) is 11.8. The van der Waals surface area contributed by atoms with E-state index >= 15 is 0 Å². The molecule has 0 bridgehead atoms. The van der Waals surface area contributed by atoms with Gasteiger partial charge in [-0.05, 0) is 37.1 Å². The summed E-state index contributed by atoms with van der Waals surface area (Å²) in [6.45, 7) is 5.38. The van der Waals surface area contributed by atoms with Crippen LogP contribution in [0.5, 0.6) is 5.75 Å². The minimum Gasteiger partial charge on any atom is -0.496 e. The molecule has 2 rings (SSSR count). The van der Waals surface area contributed by atoms with E-state index in [0.29, 0.717) is 13.2 Å². The maximum absolute atomic E-state index is 5.59. The fourth-order valence-corrected chi connectivity index (χ4v) is 1.99. The lowest BCUT2D eigenvalue weighted by Gasteiger charge is -2.41. The maximum Gasteiger partial charge on any atom is 0.143 e. The van der Waals surface area contributed by atoms with Crippen molar-refractivity contribution >= 4 is 0 Å². The second kappa shape index (κ2) is 4.07. The van der Waals surface area contributed by atoms with E-state index in [-0.39, 0.29) is 5.60 Å². The summed E-state index contributed by atoms with van der Waals surface area (Å²) in [6.07, 6.45) is 0. The first kappa shape index (κ1) is 11.4. The SMILES string of the molecule is COc1cc(C)c(C)cc1C1(OC)COC1. The lowest BCUT2D eigenvalue weighted by Crippen LogP contribution is -2.48. The highest BCUT2D eigenvalue weighted by Gasteiger charge is 2.42. The number of methoxy groups -OCH3 is 2. The van der Waals surface area contributed by atoms with E-state index in [4.69, 9.17) is 14.2 Å². The van der Waals surface area contributed by atoms with E-state index in [0.717, 1.165) is 11.3 Å². The van der Waals surface area contributed by atoms with Gasteiger partial charge in [-0.15, -0.1) is 0 Å². The minimum absolute atomic E-state index is 0.316. The Hall–Kier alpha value is -1.06. The Bertz CT molecular complexity index is 389. The van der Waals surface area contributed by atoms with Gasteiger partial charge in [-0.1, -0.05) is 0 Å². The first-order valence-electron chi connectivity index (χ1n) is 5.41. The number of rotatable bonds is 3. The van der Waals surface area contributed by atoms with Crippen LogP contribution in [-0.4, -0.2) is 27.4 Å². The molecule has 1 aromatic carbocycles. The largest absolute Gasteiger partial charge is 0.496 e. The summed E-state index contributed by atoms with van der Waals surface area (Å²) < 4.78 is 16.3. The molecule has 0 atom stereocenters. The summed E-state index contributed by atoms with van der Waals surface area (Å²) >= 11 is 0. The summed E-state index contributed by atoms with van der Waals surface area (Å²) in [6, 6.07) is 4.20. The molecule has 0 N–H and O–H groups in total. The van der Waals surface area contributed by atoms with E-state index in [1.807, 2.05) is 0 Å². The lowest BCUT2D eigenvalue weighted by molar-refractivity contribution is -0.203. The number of hydrogen-bond acceptors (Lipinski definition) is 3. The molecular weight excluding hydrogens is 204 g/mol. The number of ether oxygens (including phenoxy) is 3. The van der Waals surface area contributed by atoms with E-state index < -0.39 is 0 Å². The van der Waals surface area contributed by atoms with Gasteiger partial charge in [0.05, 0.1) is 20.3 Å². The molecule has 0 unspecified atom stereocenters. The van der Waals surface area contributed by atoms with Crippen LogP contribution in [0.1, 0.15) is 16.7 Å². The molecule has 0 saturated carbocycles. The minimum atomic E-state index is -0.316. The second-order valence-corrected chi connectivity index (χ2v) is 4.33. The van der Waals surface area contributed by atoms with Crippen LogP contribution in [0.25, 0.3) is 0 Å². The first-order valence-corrected chi connectivity index (χ1v) is 5.41. The molecule has 1 aliphatic rings. The summed E-state index contributed by atoms with van der Waals surface area (Å²) in [5.41, 5.74) is 3.25. The third-order valence-corrected chi connectivity index (χ3v) is 3.37. The van der Waals surface area contributed by atoms with Crippen LogP contribution in [0.15, 0.2) is 12.1 Å². The molecule has 3 nitrogen and oxygen atoms in total. The van der Waals surface area contributed by atoms with Crippen molar-refractivity contribution in [1.29, 1.82) is 0 Å². The standard InChI is InChI=1S/C13H18O3/c1-9-5-11(12(14-3)6-10(9)2)13(15-4)7-16-8-13/h5-6H,7-8H2,1-4H3. The van der Waals surface area contributed by atoms with Crippen molar-refractivity contribution in [1.82, 2.24) is 0 Å². The van der Waals surface area contributed by atoms with Crippen LogP contribution < -0.4 is 4.74 Å². The fraction of sp³-hybridized carbons (Fsp3) is 0.538. The normalized spacial score (nSPS) is 18.0. The Morgan fingerprint density at radius 1 is 1.12 bits per heavy atom. The third kappa shape index (κ3) is 1.60. The molecule has 0 aromatic heterocycles. The van der Waals surface area contributed by atoms with Crippen molar-refractivity contribution in [2.45, 2.75) is 19.4 Å². The molecule has 1 aromatic rings. The van der Waals surface area contributed by atoms with Crippen molar-refractivity contribution in [3.63, 3.8) is 0 Å². The molecule has 0 spiro atoms.